The molecule has 1 rings (SSSR count). The lowest BCUT2D eigenvalue weighted by molar-refractivity contribution is 0.302. The maximum absolute atomic E-state index is 3.50. The summed E-state index contributed by atoms with van der Waals surface area (Å²) < 4.78 is 0. The fourth-order valence-electron chi connectivity index (χ4n) is 2.28. The van der Waals surface area contributed by atoms with Crippen LogP contribution < -0.4 is 5.32 Å². The van der Waals surface area contributed by atoms with E-state index in [2.05, 4.69) is 57.3 Å². The van der Waals surface area contributed by atoms with Gasteiger partial charge in [-0.15, -0.1) is 0 Å². The molecule has 1 N–H and O–H groups in total. The highest BCUT2D eigenvalue weighted by Crippen LogP contribution is 2.26. The van der Waals surface area contributed by atoms with Crippen molar-refractivity contribution >= 4 is 0 Å². The van der Waals surface area contributed by atoms with Gasteiger partial charge in [-0.3, -0.25) is 0 Å². The Kier molecular flexibility index (Phi) is 7.15. The van der Waals surface area contributed by atoms with Crippen LogP contribution in [-0.2, 0) is 12.8 Å². The molecule has 0 spiro atoms. The SMILES string of the molecule is CCCNCCC(C)(C)CCc1ccc(CC)cc1. The van der Waals surface area contributed by atoms with E-state index in [1.54, 1.807) is 0 Å². The first-order valence-corrected chi connectivity index (χ1v) is 7.86. The van der Waals surface area contributed by atoms with Gasteiger partial charge in [0.2, 0.25) is 0 Å². The van der Waals surface area contributed by atoms with Crippen molar-refractivity contribution in [3.8, 4) is 0 Å². The van der Waals surface area contributed by atoms with Crippen LogP contribution in [0.2, 0.25) is 0 Å². The Bertz CT molecular complexity index is 337. The number of hydrogen-bond acceptors (Lipinski definition) is 1. The number of benzene rings is 1. The molecule has 1 aromatic rings. The van der Waals surface area contributed by atoms with E-state index in [0.29, 0.717) is 5.41 Å². The first-order valence-electron chi connectivity index (χ1n) is 7.86. The third-order valence-electron chi connectivity index (χ3n) is 3.93. The third-order valence-corrected chi connectivity index (χ3v) is 3.93. The number of nitrogens with one attached hydrogen (secondary N) is 1. The summed E-state index contributed by atoms with van der Waals surface area (Å²) in [6, 6.07) is 9.13. The Morgan fingerprint density at radius 1 is 0.895 bits per heavy atom. The average Bonchev–Trinajstić information content (AvgIpc) is 2.42. The zero-order valence-electron chi connectivity index (χ0n) is 13.3. The predicted molar refractivity (Wildman–Crippen MR) is 85.7 cm³/mol. The molecule has 1 nitrogen and oxygen atoms in total. The first-order chi connectivity index (χ1) is 9.07. The Hall–Kier alpha value is -0.820. The molecule has 0 aromatic heterocycles. The fourth-order valence-corrected chi connectivity index (χ4v) is 2.28. The average molecular weight is 261 g/mol. The summed E-state index contributed by atoms with van der Waals surface area (Å²) in [6.07, 6.45) is 6.09. The zero-order chi connectivity index (χ0) is 14.1. The molecule has 108 valence electrons. The molecule has 0 amide bonds. The van der Waals surface area contributed by atoms with Crippen LogP contribution >= 0.6 is 0 Å². The van der Waals surface area contributed by atoms with Crippen molar-refractivity contribution in [3.05, 3.63) is 35.4 Å². The van der Waals surface area contributed by atoms with Gasteiger partial charge in [-0.1, -0.05) is 52.0 Å². The molecule has 0 atom stereocenters. The van der Waals surface area contributed by atoms with Gasteiger partial charge in [0.05, 0.1) is 0 Å². The second kappa shape index (κ2) is 8.37. The Balaban J connectivity index is 2.32. The van der Waals surface area contributed by atoms with E-state index in [0.717, 1.165) is 19.5 Å². The highest BCUT2D eigenvalue weighted by Gasteiger charge is 2.16. The summed E-state index contributed by atoms with van der Waals surface area (Å²) in [5.74, 6) is 0. The predicted octanol–water partition coefficient (Wildman–Crippen LogP) is 4.60. The molecule has 0 aliphatic rings. The van der Waals surface area contributed by atoms with Crippen LogP contribution in [-0.4, -0.2) is 13.1 Å². The highest BCUT2D eigenvalue weighted by molar-refractivity contribution is 5.22. The summed E-state index contributed by atoms with van der Waals surface area (Å²) in [5, 5.41) is 3.50. The lowest BCUT2D eigenvalue weighted by Gasteiger charge is -2.25. The first kappa shape index (κ1) is 16.2. The maximum Gasteiger partial charge on any atom is -0.00438 e. The molecule has 0 bridgehead atoms. The van der Waals surface area contributed by atoms with E-state index in [-0.39, 0.29) is 0 Å². The molecule has 1 aromatic carbocycles. The molecular weight excluding hydrogens is 230 g/mol. The van der Waals surface area contributed by atoms with Gasteiger partial charge >= 0.3 is 0 Å². The van der Waals surface area contributed by atoms with Gasteiger partial charge in [-0.05, 0) is 61.7 Å². The fraction of sp³-hybridized carbons (Fsp3) is 0.667. The minimum Gasteiger partial charge on any atom is -0.317 e. The molecular formula is C18H31N. The second-order valence-corrected chi connectivity index (χ2v) is 6.33. The molecule has 0 saturated heterocycles. The largest absolute Gasteiger partial charge is 0.317 e. The Morgan fingerprint density at radius 2 is 1.53 bits per heavy atom. The molecule has 0 heterocycles. The van der Waals surface area contributed by atoms with E-state index in [1.807, 2.05) is 0 Å². The van der Waals surface area contributed by atoms with Crippen LogP contribution in [0.15, 0.2) is 24.3 Å². The van der Waals surface area contributed by atoms with Crippen LogP contribution in [0.1, 0.15) is 58.1 Å². The summed E-state index contributed by atoms with van der Waals surface area (Å²) in [4.78, 5) is 0. The van der Waals surface area contributed by atoms with Crippen LogP contribution in [0.25, 0.3) is 0 Å². The monoisotopic (exact) mass is 261 g/mol. The van der Waals surface area contributed by atoms with E-state index in [1.165, 1.54) is 36.8 Å². The molecule has 0 fully saturated rings. The minimum atomic E-state index is 0.435. The second-order valence-electron chi connectivity index (χ2n) is 6.33. The van der Waals surface area contributed by atoms with E-state index in [4.69, 9.17) is 0 Å². The van der Waals surface area contributed by atoms with Gasteiger partial charge in [-0.2, -0.15) is 0 Å². The number of hydrogen-bond donors (Lipinski definition) is 1. The quantitative estimate of drug-likeness (QED) is 0.641. The number of rotatable bonds is 9. The van der Waals surface area contributed by atoms with Crippen molar-refractivity contribution in [1.82, 2.24) is 5.32 Å². The van der Waals surface area contributed by atoms with Crippen molar-refractivity contribution in [3.63, 3.8) is 0 Å². The summed E-state index contributed by atoms with van der Waals surface area (Å²) in [7, 11) is 0. The molecule has 0 aliphatic heterocycles. The van der Waals surface area contributed by atoms with Gasteiger partial charge in [0.15, 0.2) is 0 Å². The minimum absolute atomic E-state index is 0.435. The molecule has 1 heteroatoms. The van der Waals surface area contributed by atoms with Crippen molar-refractivity contribution in [1.29, 1.82) is 0 Å². The normalized spacial score (nSPS) is 11.8. The third kappa shape index (κ3) is 6.77. The maximum atomic E-state index is 3.50. The van der Waals surface area contributed by atoms with Crippen LogP contribution in [0.5, 0.6) is 0 Å². The Labute approximate surface area is 119 Å². The van der Waals surface area contributed by atoms with Gasteiger partial charge in [-0.25, -0.2) is 0 Å². The zero-order valence-corrected chi connectivity index (χ0v) is 13.3. The van der Waals surface area contributed by atoms with Crippen molar-refractivity contribution in [2.24, 2.45) is 5.41 Å². The summed E-state index contributed by atoms with van der Waals surface area (Å²) in [6.45, 7) is 11.5. The molecule has 0 aliphatic carbocycles. The van der Waals surface area contributed by atoms with Gasteiger partial charge in [0, 0.05) is 0 Å². The number of aryl methyl sites for hydroxylation is 2. The van der Waals surface area contributed by atoms with Gasteiger partial charge in [0.1, 0.15) is 0 Å². The molecule has 0 radical (unpaired) electrons. The molecule has 19 heavy (non-hydrogen) atoms. The van der Waals surface area contributed by atoms with E-state index in [9.17, 15) is 0 Å². The summed E-state index contributed by atoms with van der Waals surface area (Å²) >= 11 is 0. The van der Waals surface area contributed by atoms with Gasteiger partial charge < -0.3 is 5.32 Å². The van der Waals surface area contributed by atoms with Crippen molar-refractivity contribution in [2.45, 2.75) is 59.8 Å². The topological polar surface area (TPSA) is 12.0 Å². The van der Waals surface area contributed by atoms with Crippen LogP contribution in [0.4, 0.5) is 0 Å². The lowest BCUT2D eigenvalue weighted by Crippen LogP contribution is -2.23. The van der Waals surface area contributed by atoms with Crippen molar-refractivity contribution in [2.75, 3.05) is 13.1 Å². The van der Waals surface area contributed by atoms with Crippen molar-refractivity contribution < 1.29 is 0 Å². The Morgan fingerprint density at radius 3 is 2.11 bits per heavy atom. The lowest BCUT2D eigenvalue weighted by atomic mass is 9.83. The summed E-state index contributed by atoms with van der Waals surface area (Å²) in [5.41, 5.74) is 3.35. The van der Waals surface area contributed by atoms with Gasteiger partial charge in [0.25, 0.3) is 0 Å². The van der Waals surface area contributed by atoms with E-state index < -0.39 is 0 Å². The highest BCUT2D eigenvalue weighted by atomic mass is 14.8. The standard InChI is InChI=1S/C18H31N/c1-5-14-19-15-13-18(3,4)12-11-17-9-7-16(6-2)8-10-17/h7-10,19H,5-6,11-15H2,1-4H3. The van der Waals surface area contributed by atoms with Crippen LogP contribution in [0.3, 0.4) is 0 Å². The molecule has 0 saturated carbocycles. The smallest absolute Gasteiger partial charge is 0.00438 e. The molecule has 0 unspecified atom stereocenters. The van der Waals surface area contributed by atoms with E-state index >= 15 is 0 Å². The van der Waals surface area contributed by atoms with Crippen LogP contribution in [0, 0.1) is 5.41 Å².